The van der Waals surface area contributed by atoms with Crippen molar-refractivity contribution in [2.75, 3.05) is 13.7 Å². The number of aryl methyl sites for hydroxylation is 1. The van der Waals surface area contributed by atoms with Crippen molar-refractivity contribution < 1.29 is 9.84 Å². The molecule has 5 heteroatoms. The number of rotatable bonds is 4. The number of aromatic hydroxyl groups is 1. The number of phenols is 1. The fourth-order valence-corrected chi connectivity index (χ4v) is 3.58. The van der Waals surface area contributed by atoms with E-state index in [0.717, 1.165) is 43.1 Å². The first-order chi connectivity index (χ1) is 12.6. The van der Waals surface area contributed by atoms with Crippen LogP contribution < -0.4 is 4.74 Å². The number of fused-ring (bicyclic) bond motifs is 1. The van der Waals surface area contributed by atoms with Crippen LogP contribution in [-0.2, 0) is 19.5 Å². The zero-order chi connectivity index (χ0) is 18.1. The summed E-state index contributed by atoms with van der Waals surface area (Å²) >= 11 is 0. The normalized spacial score (nSPS) is 14.2. The van der Waals surface area contributed by atoms with E-state index in [1.165, 1.54) is 16.7 Å². The van der Waals surface area contributed by atoms with Gasteiger partial charge in [-0.15, -0.1) is 0 Å². The lowest BCUT2D eigenvalue weighted by Crippen LogP contribution is -2.30. The summed E-state index contributed by atoms with van der Waals surface area (Å²) in [5.74, 6) is 1.28. The molecule has 0 saturated carbocycles. The zero-order valence-electron chi connectivity index (χ0n) is 15.1. The van der Waals surface area contributed by atoms with Gasteiger partial charge >= 0.3 is 0 Å². The van der Waals surface area contributed by atoms with Gasteiger partial charge in [0.1, 0.15) is 11.5 Å². The number of phenolic OH excluding ortho intramolecular Hbond substituents is 1. The summed E-state index contributed by atoms with van der Waals surface area (Å²) in [5.41, 5.74) is 5.66. The van der Waals surface area contributed by atoms with Gasteiger partial charge in [-0.3, -0.25) is 4.90 Å². The molecule has 5 nitrogen and oxygen atoms in total. The van der Waals surface area contributed by atoms with Crippen molar-refractivity contribution in [2.24, 2.45) is 0 Å². The maximum atomic E-state index is 9.91. The van der Waals surface area contributed by atoms with Gasteiger partial charge in [-0.05, 0) is 48.2 Å². The SMILES string of the molecule is COc1cc(-n2cccn2)ccc1CN1CCc2cc(O)c(C)cc2C1. The van der Waals surface area contributed by atoms with E-state index < -0.39 is 0 Å². The summed E-state index contributed by atoms with van der Waals surface area (Å²) in [7, 11) is 1.71. The minimum absolute atomic E-state index is 0.396. The number of aromatic nitrogens is 2. The van der Waals surface area contributed by atoms with E-state index in [2.05, 4.69) is 28.2 Å². The third kappa shape index (κ3) is 3.18. The Labute approximate surface area is 153 Å². The third-order valence-electron chi connectivity index (χ3n) is 5.04. The molecule has 2 heterocycles. The monoisotopic (exact) mass is 349 g/mol. The van der Waals surface area contributed by atoms with Gasteiger partial charge in [0, 0.05) is 43.7 Å². The van der Waals surface area contributed by atoms with Crippen LogP contribution in [0.1, 0.15) is 22.3 Å². The molecule has 0 unspecified atom stereocenters. The summed E-state index contributed by atoms with van der Waals surface area (Å²) in [6.07, 6.45) is 4.65. The van der Waals surface area contributed by atoms with Gasteiger partial charge in [-0.25, -0.2) is 4.68 Å². The van der Waals surface area contributed by atoms with E-state index in [1.807, 2.05) is 36.0 Å². The largest absolute Gasteiger partial charge is 0.508 e. The van der Waals surface area contributed by atoms with Crippen LogP contribution in [0.15, 0.2) is 48.8 Å². The van der Waals surface area contributed by atoms with Crippen LogP contribution in [0.4, 0.5) is 0 Å². The van der Waals surface area contributed by atoms with Crippen LogP contribution in [0.25, 0.3) is 5.69 Å². The Balaban J connectivity index is 1.55. The van der Waals surface area contributed by atoms with Gasteiger partial charge in [0.05, 0.1) is 12.8 Å². The van der Waals surface area contributed by atoms with Crippen LogP contribution in [0.5, 0.6) is 11.5 Å². The van der Waals surface area contributed by atoms with Crippen LogP contribution in [0.3, 0.4) is 0 Å². The second-order valence-electron chi connectivity index (χ2n) is 6.81. The molecule has 26 heavy (non-hydrogen) atoms. The predicted octanol–water partition coefficient (Wildman–Crippen LogP) is 3.45. The molecular weight excluding hydrogens is 326 g/mol. The van der Waals surface area contributed by atoms with Crippen LogP contribution in [0.2, 0.25) is 0 Å². The Kier molecular flexibility index (Phi) is 4.39. The third-order valence-corrected chi connectivity index (χ3v) is 5.04. The molecule has 0 amide bonds. The van der Waals surface area contributed by atoms with E-state index in [-0.39, 0.29) is 0 Å². The number of hydrogen-bond acceptors (Lipinski definition) is 4. The average Bonchev–Trinajstić information content (AvgIpc) is 3.18. The smallest absolute Gasteiger partial charge is 0.125 e. The van der Waals surface area contributed by atoms with E-state index in [1.54, 1.807) is 13.3 Å². The molecule has 1 N–H and O–H groups in total. The Morgan fingerprint density at radius 2 is 2.08 bits per heavy atom. The topological polar surface area (TPSA) is 50.5 Å². The Bertz CT molecular complexity index is 919. The van der Waals surface area contributed by atoms with Gasteiger partial charge in [-0.2, -0.15) is 5.10 Å². The summed E-state index contributed by atoms with van der Waals surface area (Å²) in [6.45, 7) is 4.65. The molecule has 0 bridgehead atoms. The van der Waals surface area contributed by atoms with Crippen molar-refractivity contribution in [3.63, 3.8) is 0 Å². The van der Waals surface area contributed by atoms with Crippen molar-refractivity contribution in [3.05, 3.63) is 71.0 Å². The lowest BCUT2D eigenvalue weighted by atomic mass is 9.96. The fourth-order valence-electron chi connectivity index (χ4n) is 3.58. The van der Waals surface area contributed by atoms with E-state index >= 15 is 0 Å². The molecule has 0 fully saturated rings. The highest BCUT2D eigenvalue weighted by molar-refractivity contribution is 5.45. The first-order valence-corrected chi connectivity index (χ1v) is 8.84. The number of benzene rings is 2. The van der Waals surface area contributed by atoms with Crippen molar-refractivity contribution in [1.82, 2.24) is 14.7 Å². The highest BCUT2D eigenvalue weighted by Gasteiger charge is 2.19. The Hall–Kier alpha value is -2.79. The molecular formula is C21H23N3O2. The maximum Gasteiger partial charge on any atom is 0.125 e. The Morgan fingerprint density at radius 1 is 1.19 bits per heavy atom. The molecule has 0 atom stereocenters. The van der Waals surface area contributed by atoms with Crippen molar-refractivity contribution in [2.45, 2.75) is 26.4 Å². The number of methoxy groups -OCH3 is 1. The second-order valence-corrected chi connectivity index (χ2v) is 6.81. The molecule has 134 valence electrons. The second kappa shape index (κ2) is 6.84. The number of ether oxygens (including phenoxy) is 1. The molecule has 1 aliphatic heterocycles. The van der Waals surface area contributed by atoms with Gasteiger partial charge in [0.2, 0.25) is 0 Å². The average molecular weight is 349 g/mol. The minimum atomic E-state index is 0.396. The number of hydrogen-bond donors (Lipinski definition) is 1. The molecule has 4 rings (SSSR count). The summed E-state index contributed by atoms with van der Waals surface area (Å²) < 4.78 is 7.46. The van der Waals surface area contributed by atoms with Gasteiger partial charge in [0.25, 0.3) is 0 Å². The lowest BCUT2D eigenvalue weighted by molar-refractivity contribution is 0.241. The highest BCUT2D eigenvalue weighted by atomic mass is 16.5. The first kappa shape index (κ1) is 16.7. The zero-order valence-corrected chi connectivity index (χ0v) is 15.1. The molecule has 3 aromatic rings. The van der Waals surface area contributed by atoms with Gasteiger partial charge < -0.3 is 9.84 Å². The molecule has 1 aromatic heterocycles. The molecule has 0 spiro atoms. The fraction of sp³-hybridized carbons (Fsp3) is 0.286. The standard InChI is InChI=1S/C21H23N3O2/c1-15-10-18-14-23(9-6-16(18)11-20(15)25)13-17-4-5-19(12-21(17)26-2)24-8-3-7-22-24/h3-5,7-8,10-12,25H,6,9,13-14H2,1-2H3. The minimum Gasteiger partial charge on any atom is -0.508 e. The molecule has 0 aliphatic carbocycles. The van der Waals surface area contributed by atoms with E-state index in [9.17, 15) is 5.11 Å². The maximum absolute atomic E-state index is 9.91. The van der Waals surface area contributed by atoms with Crippen LogP contribution >= 0.6 is 0 Å². The quantitative estimate of drug-likeness (QED) is 0.784. The van der Waals surface area contributed by atoms with Crippen LogP contribution in [0, 0.1) is 6.92 Å². The van der Waals surface area contributed by atoms with E-state index in [0.29, 0.717) is 5.75 Å². The van der Waals surface area contributed by atoms with Gasteiger partial charge in [-0.1, -0.05) is 12.1 Å². The highest BCUT2D eigenvalue weighted by Crippen LogP contribution is 2.29. The number of nitrogens with zero attached hydrogens (tertiary/aromatic N) is 3. The molecule has 1 aliphatic rings. The molecule has 0 radical (unpaired) electrons. The lowest BCUT2D eigenvalue weighted by Gasteiger charge is -2.29. The first-order valence-electron chi connectivity index (χ1n) is 8.84. The van der Waals surface area contributed by atoms with Crippen molar-refractivity contribution >= 4 is 0 Å². The summed E-state index contributed by atoms with van der Waals surface area (Å²) in [6, 6.07) is 12.2. The van der Waals surface area contributed by atoms with Crippen LogP contribution in [-0.4, -0.2) is 33.4 Å². The molecule has 2 aromatic carbocycles. The summed E-state index contributed by atoms with van der Waals surface area (Å²) in [4.78, 5) is 2.42. The van der Waals surface area contributed by atoms with Crippen molar-refractivity contribution in [3.8, 4) is 17.2 Å². The van der Waals surface area contributed by atoms with Crippen molar-refractivity contribution in [1.29, 1.82) is 0 Å². The molecule has 0 saturated heterocycles. The van der Waals surface area contributed by atoms with E-state index in [4.69, 9.17) is 4.74 Å². The predicted molar refractivity (Wildman–Crippen MR) is 101 cm³/mol. The Morgan fingerprint density at radius 3 is 2.85 bits per heavy atom. The summed E-state index contributed by atoms with van der Waals surface area (Å²) in [5, 5.41) is 14.2. The van der Waals surface area contributed by atoms with Gasteiger partial charge in [0.15, 0.2) is 0 Å².